The maximum Gasteiger partial charge on any atom is 0.267 e. The molecule has 1 fully saturated rings. The molecular formula is C16H17N3O2S. The van der Waals surface area contributed by atoms with E-state index in [1.54, 1.807) is 5.51 Å². The van der Waals surface area contributed by atoms with Gasteiger partial charge in [0.25, 0.3) is 5.91 Å². The molecule has 0 bridgehead atoms. The normalized spacial score (nSPS) is 14.5. The number of anilines is 2. The van der Waals surface area contributed by atoms with Crippen LogP contribution in [0.5, 0.6) is 0 Å². The zero-order valence-electron chi connectivity index (χ0n) is 12.5. The molecule has 2 heterocycles. The quantitative estimate of drug-likeness (QED) is 0.946. The maximum absolute atomic E-state index is 12.2. The molecule has 114 valence electrons. The first kappa shape index (κ1) is 14.7. The Hall–Kier alpha value is -2.21. The number of benzene rings is 1. The summed E-state index contributed by atoms with van der Waals surface area (Å²) in [5.74, 6) is 0.0181. The molecule has 22 heavy (non-hydrogen) atoms. The fraction of sp³-hybridized carbons (Fsp3) is 0.312. The van der Waals surface area contributed by atoms with Crippen molar-refractivity contribution in [2.45, 2.75) is 26.7 Å². The van der Waals surface area contributed by atoms with E-state index in [4.69, 9.17) is 0 Å². The van der Waals surface area contributed by atoms with Crippen LogP contribution in [0, 0.1) is 13.8 Å². The number of carbonyl (C=O) groups excluding carboxylic acids is 2. The number of thiazole rings is 1. The zero-order valence-corrected chi connectivity index (χ0v) is 13.4. The van der Waals surface area contributed by atoms with Crippen molar-refractivity contribution in [3.63, 3.8) is 0 Å². The number of rotatable bonds is 3. The Bertz CT molecular complexity index is 739. The lowest BCUT2D eigenvalue weighted by Crippen LogP contribution is -2.24. The van der Waals surface area contributed by atoms with Gasteiger partial charge in [-0.2, -0.15) is 0 Å². The van der Waals surface area contributed by atoms with Gasteiger partial charge in [0.1, 0.15) is 4.88 Å². The van der Waals surface area contributed by atoms with E-state index in [0.29, 0.717) is 11.3 Å². The molecule has 1 aliphatic rings. The largest absolute Gasteiger partial charge is 0.321 e. The van der Waals surface area contributed by atoms with Crippen LogP contribution in [0.2, 0.25) is 0 Å². The molecule has 5 nitrogen and oxygen atoms in total. The van der Waals surface area contributed by atoms with E-state index in [1.165, 1.54) is 11.3 Å². The van der Waals surface area contributed by atoms with Crippen molar-refractivity contribution in [2.75, 3.05) is 16.8 Å². The molecule has 1 N–H and O–H groups in total. The molecule has 0 saturated carbocycles. The third-order valence-corrected chi connectivity index (χ3v) is 4.70. The fourth-order valence-corrected chi connectivity index (χ4v) is 3.34. The molecule has 0 radical (unpaired) electrons. The van der Waals surface area contributed by atoms with Crippen molar-refractivity contribution in [2.24, 2.45) is 0 Å². The van der Waals surface area contributed by atoms with Gasteiger partial charge in [-0.3, -0.25) is 9.59 Å². The summed E-state index contributed by atoms with van der Waals surface area (Å²) in [6, 6.07) is 5.63. The van der Waals surface area contributed by atoms with Gasteiger partial charge in [-0.05, 0) is 44.0 Å². The van der Waals surface area contributed by atoms with Crippen LogP contribution in [-0.4, -0.2) is 23.3 Å². The van der Waals surface area contributed by atoms with Gasteiger partial charge in [0.05, 0.1) is 11.2 Å². The predicted octanol–water partition coefficient (Wildman–Crippen LogP) is 3.14. The molecule has 0 aliphatic carbocycles. The highest BCUT2D eigenvalue weighted by Gasteiger charge is 2.23. The Morgan fingerprint density at radius 2 is 2.18 bits per heavy atom. The average molecular weight is 315 g/mol. The Balaban J connectivity index is 1.79. The summed E-state index contributed by atoms with van der Waals surface area (Å²) in [5.41, 5.74) is 5.03. The van der Waals surface area contributed by atoms with Gasteiger partial charge in [0.15, 0.2) is 0 Å². The molecule has 0 unspecified atom stereocenters. The van der Waals surface area contributed by atoms with Gasteiger partial charge in [-0.15, -0.1) is 11.3 Å². The molecule has 2 amide bonds. The number of aromatic nitrogens is 1. The van der Waals surface area contributed by atoms with E-state index in [-0.39, 0.29) is 11.8 Å². The van der Waals surface area contributed by atoms with Crippen LogP contribution in [-0.2, 0) is 4.79 Å². The van der Waals surface area contributed by atoms with E-state index in [9.17, 15) is 9.59 Å². The van der Waals surface area contributed by atoms with Gasteiger partial charge >= 0.3 is 0 Å². The molecule has 2 aromatic rings. The Kier molecular flexibility index (Phi) is 3.94. The first-order chi connectivity index (χ1) is 10.6. The van der Waals surface area contributed by atoms with Crippen molar-refractivity contribution in [3.05, 3.63) is 39.8 Å². The number of nitrogens with zero attached hydrogens (tertiary/aromatic N) is 2. The Labute approximate surface area is 133 Å². The Morgan fingerprint density at radius 3 is 2.77 bits per heavy atom. The van der Waals surface area contributed by atoms with Gasteiger partial charge in [0.2, 0.25) is 5.91 Å². The molecule has 6 heteroatoms. The minimum absolute atomic E-state index is 0.149. The highest BCUT2D eigenvalue weighted by Crippen LogP contribution is 2.27. The highest BCUT2D eigenvalue weighted by atomic mass is 32.1. The first-order valence-electron chi connectivity index (χ1n) is 7.18. The summed E-state index contributed by atoms with van der Waals surface area (Å²) in [6.45, 7) is 4.54. The molecule has 1 aliphatic heterocycles. The summed E-state index contributed by atoms with van der Waals surface area (Å²) in [7, 11) is 0. The van der Waals surface area contributed by atoms with Crippen LogP contribution >= 0.6 is 11.3 Å². The van der Waals surface area contributed by atoms with Gasteiger partial charge in [-0.1, -0.05) is 0 Å². The zero-order chi connectivity index (χ0) is 15.7. The van der Waals surface area contributed by atoms with Crippen molar-refractivity contribution in [1.82, 2.24) is 4.98 Å². The number of hydrogen-bond acceptors (Lipinski definition) is 4. The molecule has 0 spiro atoms. The lowest BCUT2D eigenvalue weighted by Gasteiger charge is -2.19. The minimum Gasteiger partial charge on any atom is -0.321 e. The SMILES string of the molecule is Cc1cc(NC(=O)c2scnc2C)ccc1N1CCCC1=O. The van der Waals surface area contributed by atoms with E-state index in [0.717, 1.165) is 35.6 Å². The molecule has 1 aromatic heterocycles. The van der Waals surface area contributed by atoms with Crippen LogP contribution in [0.3, 0.4) is 0 Å². The van der Waals surface area contributed by atoms with Gasteiger partial charge in [-0.25, -0.2) is 4.98 Å². The van der Waals surface area contributed by atoms with Crippen molar-refractivity contribution in [3.8, 4) is 0 Å². The molecular weight excluding hydrogens is 298 g/mol. The molecule has 3 rings (SSSR count). The van der Waals surface area contributed by atoms with Crippen molar-refractivity contribution in [1.29, 1.82) is 0 Å². The smallest absolute Gasteiger partial charge is 0.267 e. The van der Waals surface area contributed by atoms with Crippen LogP contribution in [0.25, 0.3) is 0 Å². The van der Waals surface area contributed by atoms with E-state index in [1.807, 2.05) is 36.9 Å². The number of hydrogen-bond donors (Lipinski definition) is 1. The van der Waals surface area contributed by atoms with Gasteiger partial charge < -0.3 is 10.2 Å². The fourth-order valence-electron chi connectivity index (χ4n) is 2.65. The van der Waals surface area contributed by atoms with Crippen LogP contribution in [0.1, 0.15) is 33.8 Å². The highest BCUT2D eigenvalue weighted by molar-refractivity contribution is 7.12. The summed E-state index contributed by atoms with van der Waals surface area (Å²) < 4.78 is 0. The summed E-state index contributed by atoms with van der Waals surface area (Å²) in [6.07, 6.45) is 1.52. The van der Waals surface area contributed by atoms with Crippen molar-refractivity contribution >= 4 is 34.5 Å². The third kappa shape index (κ3) is 2.74. The monoisotopic (exact) mass is 315 g/mol. The topological polar surface area (TPSA) is 62.3 Å². The van der Waals surface area contributed by atoms with Crippen LogP contribution in [0.15, 0.2) is 23.7 Å². The molecule has 1 aromatic carbocycles. The van der Waals surface area contributed by atoms with E-state index >= 15 is 0 Å². The average Bonchev–Trinajstić information content (AvgIpc) is 3.08. The lowest BCUT2D eigenvalue weighted by molar-refractivity contribution is -0.117. The molecule has 1 saturated heterocycles. The van der Waals surface area contributed by atoms with Crippen molar-refractivity contribution < 1.29 is 9.59 Å². The van der Waals surface area contributed by atoms with Gasteiger partial charge in [0, 0.05) is 24.3 Å². The summed E-state index contributed by atoms with van der Waals surface area (Å²) in [4.78, 5) is 30.5. The second-order valence-electron chi connectivity index (χ2n) is 5.37. The number of aryl methyl sites for hydroxylation is 2. The summed E-state index contributed by atoms with van der Waals surface area (Å²) in [5, 5.41) is 2.88. The second kappa shape index (κ2) is 5.88. The maximum atomic E-state index is 12.2. The number of amides is 2. The second-order valence-corrected chi connectivity index (χ2v) is 6.23. The molecule has 0 atom stereocenters. The van der Waals surface area contributed by atoms with E-state index in [2.05, 4.69) is 10.3 Å². The predicted molar refractivity (Wildman–Crippen MR) is 87.6 cm³/mol. The third-order valence-electron chi connectivity index (χ3n) is 3.77. The standard InChI is InChI=1S/C16H17N3O2S/c1-10-8-12(18-16(21)15-11(2)17-9-22-15)5-6-13(10)19-7-3-4-14(19)20/h5-6,8-9H,3-4,7H2,1-2H3,(H,18,21). The van der Waals surface area contributed by atoms with Crippen LogP contribution in [0.4, 0.5) is 11.4 Å². The minimum atomic E-state index is -0.149. The lowest BCUT2D eigenvalue weighted by atomic mass is 10.1. The van der Waals surface area contributed by atoms with Crippen LogP contribution < -0.4 is 10.2 Å². The number of nitrogens with one attached hydrogen (secondary N) is 1. The number of carbonyl (C=O) groups is 2. The summed E-state index contributed by atoms with van der Waals surface area (Å²) >= 11 is 1.33. The van der Waals surface area contributed by atoms with E-state index < -0.39 is 0 Å². The first-order valence-corrected chi connectivity index (χ1v) is 8.06. The Morgan fingerprint density at radius 1 is 1.36 bits per heavy atom.